The predicted molar refractivity (Wildman–Crippen MR) is 108 cm³/mol. The first-order valence-corrected chi connectivity index (χ1v) is 10.6. The molecule has 0 amide bonds. The largest absolute Gasteiger partial charge is 0.481 e. The molecule has 0 bridgehead atoms. The Kier molecular flexibility index (Phi) is 4.32. The van der Waals surface area contributed by atoms with Crippen molar-refractivity contribution in [3.05, 3.63) is 36.0 Å². The van der Waals surface area contributed by atoms with Crippen molar-refractivity contribution < 1.29 is 19.8 Å². The minimum absolute atomic E-state index is 0.0185. The van der Waals surface area contributed by atoms with Crippen LogP contribution in [0.2, 0.25) is 0 Å². The lowest BCUT2D eigenvalue weighted by Gasteiger charge is -2.60. The first-order chi connectivity index (χ1) is 13.0. The SMILES string of the molecule is C=C1C2=CC(=O)C=C[C@]2(C)[C@@H]2CC[C@@]3(C)[C@@H](CCC3(O)CCC(=O)O)[C@@H]2C1C. The second kappa shape index (κ2) is 6.16. The minimum Gasteiger partial charge on any atom is -0.481 e. The maximum atomic E-state index is 12.0. The number of ketones is 1. The lowest BCUT2D eigenvalue weighted by atomic mass is 9.44. The molecule has 0 aliphatic heterocycles. The summed E-state index contributed by atoms with van der Waals surface area (Å²) in [5, 5.41) is 20.7. The van der Waals surface area contributed by atoms with E-state index in [-0.39, 0.29) is 29.0 Å². The van der Waals surface area contributed by atoms with Crippen LogP contribution in [0.1, 0.15) is 59.3 Å². The Morgan fingerprint density at radius 1 is 1.25 bits per heavy atom. The average Bonchev–Trinajstić information content (AvgIpc) is 2.91. The van der Waals surface area contributed by atoms with Crippen molar-refractivity contribution in [3.63, 3.8) is 0 Å². The fraction of sp³-hybridized carbons (Fsp3) is 0.667. The smallest absolute Gasteiger partial charge is 0.303 e. The summed E-state index contributed by atoms with van der Waals surface area (Å²) in [4.78, 5) is 23.2. The van der Waals surface area contributed by atoms with Crippen molar-refractivity contribution in [2.45, 2.75) is 64.9 Å². The Morgan fingerprint density at radius 3 is 2.61 bits per heavy atom. The molecule has 4 aliphatic carbocycles. The normalized spacial score (nSPS) is 47.2. The summed E-state index contributed by atoms with van der Waals surface area (Å²) in [7, 11) is 0. The second-order valence-corrected chi connectivity index (χ2v) is 10.1. The molecule has 0 saturated heterocycles. The van der Waals surface area contributed by atoms with E-state index in [1.165, 1.54) is 0 Å². The van der Waals surface area contributed by atoms with Crippen LogP contribution in [0, 0.1) is 34.5 Å². The van der Waals surface area contributed by atoms with E-state index in [9.17, 15) is 14.7 Å². The molecule has 0 heterocycles. The fourth-order valence-corrected chi connectivity index (χ4v) is 7.36. The number of hydrogen-bond donors (Lipinski definition) is 2. The van der Waals surface area contributed by atoms with Gasteiger partial charge in [-0.25, -0.2) is 0 Å². The summed E-state index contributed by atoms with van der Waals surface area (Å²) in [6.45, 7) is 11.0. The zero-order valence-corrected chi connectivity index (χ0v) is 17.2. The number of fused-ring (bicyclic) bond motifs is 5. The van der Waals surface area contributed by atoms with Gasteiger partial charge in [-0.1, -0.05) is 33.4 Å². The Labute approximate surface area is 167 Å². The van der Waals surface area contributed by atoms with E-state index in [0.717, 1.165) is 30.4 Å². The van der Waals surface area contributed by atoms with Crippen LogP contribution in [0.3, 0.4) is 0 Å². The van der Waals surface area contributed by atoms with E-state index >= 15 is 0 Å². The molecule has 4 rings (SSSR count). The third-order valence-electron chi connectivity index (χ3n) is 9.11. The highest BCUT2D eigenvalue weighted by Gasteiger charge is 2.65. The van der Waals surface area contributed by atoms with Crippen molar-refractivity contribution in [1.82, 2.24) is 0 Å². The molecule has 3 fully saturated rings. The molecular formula is C24H32O4. The van der Waals surface area contributed by atoms with Gasteiger partial charge in [0.15, 0.2) is 5.78 Å². The van der Waals surface area contributed by atoms with Gasteiger partial charge in [-0.15, -0.1) is 0 Å². The fourth-order valence-electron chi connectivity index (χ4n) is 7.36. The highest BCUT2D eigenvalue weighted by molar-refractivity contribution is 6.02. The third kappa shape index (κ3) is 2.46. The molecule has 152 valence electrons. The maximum absolute atomic E-state index is 12.0. The van der Waals surface area contributed by atoms with Crippen LogP contribution >= 0.6 is 0 Å². The van der Waals surface area contributed by atoms with E-state index in [1.807, 2.05) is 0 Å². The van der Waals surface area contributed by atoms with Crippen molar-refractivity contribution >= 4 is 11.8 Å². The molecule has 0 radical (unpaired) electrons. The van der Waals surface area contributed by atoms with Crippen LogP contribution in [0.4, 0.5) is 0 Å². The minimum atomic E-state index is -0.905. The van der Waals surface area contributed by atoms with Crippen LogP contribution in [0.15, 0.2) is 36.0 Å². The second-order valence-electron chi connectivity index (χ2n) is 10.1. The molecule has 7 atom stereocenters. The molecule has 4 aliphatic rings. The average molecular weight is 385 g/mol. The van der Waals surface area contributed by atoms with Gasteiger partial charge in [-0.2, -0.15) is 0 Å². The molecule has 3 saturated carbocycles. The van der Waals surface area contributed by atoms with Crippen molar-refractivity contribution in [2.24, 2.45) is 34.5 Å². The molecule has 0 aromatic carbocycles. The van der Waals surface area contributed by atoms with Gasteiger partial charge in [0, 0.05) is 11.8 Å². The van der Waals surface area contributed by atoms with Gasteiger partial charge in [0.25, 0.3) is 0 Å². The number of hydrogen-bond acceptors (Lipinski definition) is 3. The number of carbonyl (C=O) groups excluding carboxylic acids is 1. The summed E-state index contributed by atoms with van der Waals surface area (Å²) in [6.07, 6.45) is 9.42. The van der Waals surface area contributed by atoms with Crippen LogP contribution in [-0.4, -0.2) is 27.6 Å². The first kappa shape index (κ1) is 19.6. The Balaban J connectivity index is 1.72. The van der Waals surface area contributed by atoms with E-state index < -0.39 is 11.6 Å². The van der Waals surface area contributed by atoms with Gasteiger partial charge in [0.2, 0.25) is 0 Å². The highest BCUT2D eigenvalue weighted by Crippen LogP contribution is 2.69. The van der Waals surface area contributed by atoms with Crippen LogP contribution in [-0.2, 0) is 9.59 Å². The van der Waals surface area contributed by atoms with E-state index in [1.54, 1.807) is 12.2 Å². The number of carbonyl (C=O) groups is 2. The number of aliphatic carboxylic acids is 1. The van der Waals surface area contributed by atoms with Gasteiger partial charge in [-0.3, -0.25) is 9.59 Å². The molecule has 0 spiro atoms. The van der Waals surface area contributed by atoms with E-state index in [2.05, 4.69) is 33.4 Å². The molecule has 28 heavy (non-hydrogen) atoms. The van der Waals surface area contributed by atoms with Gasteiger partial charge >= 0.3 is 5.97 Å². The lowest BCUT2D eigenvalue weighted by molar-refractivity contribution is -0.146. The Bertz CT molecular complexity index is 807. The van der Waals surface area contributed by atoms with Crippen LogP contribution < -0.4 is 0 Å². The van der Waals surface area contributed by atoms with E-state index in [4.69, 9.17) is 5.11 Å². The quantitative estimate of drug-likeness (QED) is 0.761. The maximum Gasteiger partial charge on any atom is 0.303 e. The van der Waals surface area contributed by atoms with Crippen LogP contribution in [0.25, 0.3) is 0 Å². The molecule has 0 aromatic heterocycles. The van der Waals surface area contributed by atoms with Gasteiger partial charge < -0.3 is 10.2 Å². The lowest BCUT2D eigenvalue weighted by Crippen LogP contribution is -2.56. The molecule has 4 heteroatoms. The highest BCUT2D eigenvalue weighted by atomic mass is 16.4. The van der Waals surface area contributed by atoms with Gasteiger partial charge in [-0.05, 0) is 84.5 Å². The number of carboxylic acid groups (broad SMARTS) is 1. The molecule has 0 aromatic rings. The summed E-state index contributed by atoms with van der Waals surface area (Å²) in [6, 6.07) is 0. The summed E-state index contributed by atoms with van der Waals surface area (Å²) >= 11 is 0. The van der Waals surface area contributed by atoms with Crippen molar-refractivity contribution in [2.75, 3.05) is 0 Å². The van der Waals surface area contributed by atoms with Gasteiger partial charge in [0.05, 0.1) is 5.60 Å². The molecule has 2 unspecified atom stereocenters. The third-order valence-corrected chi connectivity index (χ3v) is 9.11. The number of carboxylic acids is 1. The van der Waals surface area contributed by atoms with Gasteiger partial charge in [0.1, 0.15) is 0 Å². The zero-order chi connectivity index (χ0) is 20.5. The summed E-state index contributed by atoms with van der Waals surface area (Å²) in [5.41, 5.74) is 0.815. The summed E-state index contributed by atoms with van der Waals surface area (Å²) in [5.74, 6) is 0.626. The topological polar surface area (TPSA) is 74.6 Å². The number of aliphatic hydroxyl groups is 1. The zero-order valence-electron chi connectivity index (χ0n) is 17.2. The van der Waals surface area contributed by atoms with Crippen molar-refractivity contribution in [1.29, 1.82) is 0 Å². The first-order valence-electron chi connectivity index (χ1n) is 10.6. The monoisotopic (exact) mass is 384 g/mol. The predicted octanol–water partition coefficient (Wildman–Crippen LogP) is 4.30. The standard InChI is InChI=1S/C24H32O4/c1-14-15(2)21-17(22(3)9-5-16(25)13-19(14)22)6-10-23(4)18(21)7-11-24(23,28)12-8-20(26)27/h5,9,13,15,17-18,21,28H,1,6-8,10-12H2,2-4H3,(H,26,27)/t15?,17-,18+,21-,22-,23+,24?/m1/s1. The Hall–Kier alpha value is -1.68. The van der Waals surface area contributed by atoms with Crippen molar-refractivity contribution in [3.8, 4) is 0 Å². The van der Waals surface area contributed by atoms with Crippen LogP contribution in [0.5, 0.6) is 0 Å². The summed E-state index contributed by atoms with van der Waals surface area (Å²) < 4.78 is 0. The van der Waals surface area contributed by atoms with E-state index in [0.29, 0.717) is 30.6 Å². The number of allylic oxidation sites excluding steroid dienone is 5. The Morgan fingerprint density at radius 2 is 1.93 bits per heavy atom. The molecular weight excluding hydrogens is 352 g/mol. The number of rotatable bonds is 3. The molecule has 2 N–H and O–H groups in total. The molecule has 4 nitrogen and oxygen atoms in total.